The average molecular weight is 501 g/mol. The van der Waals surface area contributed by atoms with Gasteiger partial charge in [-0.2, -0.15) is 15.9 Å². The number of hydrogen-bond acceptors (Lipinski definition) is 7. The Hall–Kier alpha value is -3.04. The molecule has 0 radical (unpaired) electrons. The number of hydrogen-bond donors (Lipinski definition) is 5. The highest BCUT2D eigenvalue weighted by Gasteiger charge is 2.56. The van der Waals surface area contributed by atoms with Gasteiger partial charge < -0.3 is 15.5 Å². The molecule has 1 atom stereocenters. The number of carbonyl (C=O) groups is 1. The van der Waals surface area contributed by atoms with E-state index in [9.17, 15) is 13.9 Å². The van der Waals surface area contributed by atoms with Crippen LogP contribution in [-0.2, 0) is 5.54 Å². The monoisotopic (exact) mass is 500 g/mol. The summed E-state index contributed by atoms with van der Waals surface area (Å²) < 4.78 is 36.5. The molecular weight excluding hydrogens is 471 g/mol. The maximum absolute atomic E-state index is 15.0. The highest BCUT2D eigenvalue weighted by Crippen LogP contribution is 2.62. The fourth-order valence-electron chi connectivity index (χ4n) is 4.92. The van der Waals surface area contributed by atoms with Crippen LogP contribution in [0.1, 0.15) is 46.9 Å². The van der Waals surface area contributed by atoms with Crippen molar-refractivity contribution in [2.75, 3.05) is 31.2 Å². The lowest BCUT2D eigenvalue weighted by atomic mass is 9.88. The lowest BCUT2D eigenvalue weighted by Gasteiger charge is -2.60. The fourth-order valence-corrected chi connectivity index (χ4v) is 7.44. The molecule has 11 heteroatoms. The van der Waals surface area contributed by atoms with Crippen LogP contribution in [0.4, 0.5) is 10.1 Å². The largest absolute Gasteiger partial charge is 0.361 e. The molecule has 0 aliphatic carbocycles. The van der Waals surface area contributed by atoms with E-state index in [0.717, 1.165) is 0 Å². The van der Waals surface area contributed by atoms with Gasteiger partial charge in [0, 0.05) is 30.5 Å². The van der Waals surface area contributed by atoms with Gasteiger partial charge in [0.2, 0.25) is 0 Å². The molecule has 2 saturated heterocycles. The number of aryl methyl sites for hydroxylation is 1. The summed E-state index contributed by atoms with van der Waals surface area (Å²) in [4.78, 5) is 18.9. The number of amides is 1. The van der Waals surface area contributed by atoms with E-state index in [1.807, 2.05) is 13.1 Å². The first-order chi connectivity index (χ1) is 16.4. The number of aromatic nitrogens is 1. The topological polar surface area (TPSA) is 145 Å². The Morgan fingerprint density at radius 1 is 1.34 bits per heavy atom. The summed E-state index contributed by atoms with van der Waals surface area (Å²) in [5.41, 5.74) is 0.142. The number of amidine groups is 1. The maximum atomic E-state index is 15.0. The van der Waals surface area contributed by atoms with Gasteiger partial charge in [0.25, 0.3) is 5.91 Å². The van der Waals surface area contributed by atoms with Gasteiger partial charge in [-0.3, -0.25) is 19.3 Å². The number of halogens is 1. The lowest BCUT2D eigenvalue weighted by Crippen LogP contribution is -2.66. The molecule has 35 heavy (non-hydrogen) atoms. The number of pyridine rings is 1. The maximum Gasteiger partial charge on any atom is 0.274 e. The first-order valence-electron chi connectivity index (χ1n) is 11.2. The van der Waals surface area contributed by atoms with E-state index in [4.69, 9.17) is 10.7 Å². The third-order valence-electron chi connectivity index (χ3n) is 7.01. The Morgan fingerprint density at radius 2 is 2.03 bits per heavy atom. The Morgan fingerprint density at radius 3 is 2.63 bits per heavy atom. The smallest absolute Gasteiger partial charge is 0.274 e. The minimum Gasteiger partial charge on any atom is -0.361 e. The Labute approximate surface area is 205 Å². The van der Waals surface area contributed by atoms with E-state index in [-0.39, 0.29) is 22.8 Å². The number of nitrogens with one attached hydrogen (secondary N) is 3. The van der Waals surface area contributed by atoms with Crippen LogP contribution in [0.25, 0.3) is 0 Å². The molecule has 1 spiro atoms. The number of anilines is 1. The molecular formula is C24H29FN6O3S. The third-order valence-corrected chi connectivity index (χ3v) is 9.85. The van der Waals surface area contributed by atoms with Crippen LogP contribution in [0.5, 0.6) is 0 Å². The molecule has 0 bridgehead atoms. The molecule has 0 saturated carbocycles. The molecule has 1 aromatic carbocycles. The highest BCUT2D eigenvalue weighted by molar-refractivity contribution is 8.26. The minimum absolute atomic E-state index is 0.00518. The molecule has 186 valence electrons. The summed E-state index contributed by atoms with van der Waals surface area (Å²) in [5, 5.41) is 23.5. The van der Waals surface area contributed by atoms with Crippen molar-refractivity contribution in [2.24, 2.45) is 0 Å². The number of nitrogens with zero attached hydrogens (tertiary/aromatic N) is 3. The summed E-state index contributed by atoms with van der Waals surface area (Å²) in [7, 11) is -1.34. The number of piperidine rings is 1. The van der Waals surface area contributed by atoms with Crippen LogP contribution in [0, 0.1) is 29.5 Å². The van der Waals surface area contributed by atoms with Gasteiger partial charge in [-0.1, -0.05) is 0 Å². The van der Waals surface area contributed by atoms with Crippen LogP contribution in [0.3, 0.4) is 0 Å². The molecule has 0 unspecified atom stereocenters. The molecule has 9 nitrogen and oxygen atoms in total. The summed E-state index contributed by atoms with van der Waals surface area (Å²) in [6, 6.07) is 7.57. The van der Waals surface area contributed by atoms with Crippen molar-refractivity contribution in [3.8, 4) is 6.07 Å². The SMILES string of the molecule is Cc1cc(C#N)cnc1C(=O)Nc1ccc(F)c([C@]2(C)CS(O)(O)C3(CCN(C)CC3)C(=N)N2)c1. The fraction of sp³-hybridized carbons (Fsp3) is 0.417. The molecule has 5 N–H and O–H groups in total. The van der Waals surface area contributed by atoms with E-state index in [1.165, 1.54) is 24.4 Å². The molecule has 1 aromatic heterocycles. The zero-order valence-electron chi connectivity index (χ0n) is 19.9. The van der Waals surface area contributed by atoms with Crippen LogP contribution in [0.15, 0.2) is 30.5 Å². The Kier molecular flexibility index (Phi) is 6.36. The molecule has 2 fully saturated rings. The zero-order chi connectivity index (χ0) is 25.6. The predicted molar refractivity (Wildman–Crippen MR) is 133 cm³/mol. The van der Waals surface area contributed by atoms with Crippen molar-refractivity contribution in [3.05, 3.63) is 58.7 Å². The van der Waals surface area contributed by atoms with Crippen LogP contribution in [0.2, 0.25) is 0 Å². The van der Waals surface area contributed by atoms with Gasteiger partial charge in [-0.05, 0) is 63.6 Å². The van der Waals surface area contributed by atoms with E-state index in [0.29, 0.717) is 42.7 Å². The van der Waals surface area contributed by atoms with Crippen molar-refractivity contribution in [3.63, 3.8) is 0 Å². The van der Waals surface area contributed by atoms with Gasteiger partial charge in [0.15, 0.2) is 0 Å². The summed E-state index contributed by atoms with van der Waals surface area (Å²) in [6.07, 6.45) is 2.17. The Bertz CT molecular complexity index is 1240. The standard InChI is InChI=1S/C24H29FN6O3S/c1-15-10-16(12-26)13-28-20(15)21(32)29-17-4-5-19(25)18(11-17)23(2)14-35(33,34)24(22(27)30-23)6-8-31(3)9-7-24/h4-5,10-11,13,33-34H,6-9,14H2,1-3H3,(H2,27,30)(H,29,32)/t23-/m0/s1. The van der Waals surface area contributed by atoms with E-state index < -0.39 is 32.6 Å². The number of benzene rings is 1. The number of likely N-dealkylation sites (tertiary alicyclic amines) is 1. The van der Waals surface area contributed by atoms with Gasteiger partial charge in [0.05, 0.1) is 16.9 Å². The van der Waals surface area contributed by atoms with Crippen molar-refractivity contribution < 1.29 is 18.3 Å². The average Bonchev–Trinajstić information content (AvgIpc) is 2.79. The molecule has 3 heterocycles. The quantitative estimate of drug-likeness (QED) is 0.432. The number of carbonyl (C=O) groups excluding carboxylic acids is 1. The van der Waals surface area contributed by atoms with Crippen molar-refractivity contribution in [2.45, 2.75) is 37.0 Å². The second-order valence-corrected chi connectivity index (χ2v) is 12.0. The third kappa shape index (κ3) is 4.38. The number of nitriles is 1. The van der Waals surface area contributed by atoms with E-state index >= 15 is 4.39 Å². The number of rotatable bonds is 3. The summed E-state index contributed by atoms with van der Waals surface area (Å²) in [5.74, 6) is -1.26. The van der Waals surface area contributed by atoms with Crippen LogP contribution < -0.4 is 10.6 Å². The minimum atomic E-state index is -3.29. The molecule has 4 rings (SSSR count). The molecule has 2 aliphatic heterocycles. The lowest BCUT2D eigenvalue weighted by molar-refractivity contribution is 0.102. The zero-order valence-corrected chi connectivity index (χ0v) is 20.7. The second-order valence-electron chi connectivity index (χ2n) is 9.59. The normalized spacial score (nSPS) is 24.3. The van der Waals surface area contributed by atoms with Crippen molar-refractivity contribution >= 4 is 28.0 Å². The summed E-state index contributed by atoms with van der Waals surface area (Å²) in [6.45, 7) is 4.57. The van der Waals surface area contributed by atoms with Gasteiger partial charge in [-0.15, -0.1) is 0 Å². The van der Waals surface area contributed by atoms with E-state index in [2.05, 4.69) is 20.5 Å². The Balaban J connectivity index is 1.62. The molecule has 1 amide bonds. The predicted octanol–water partition coefficient (Wildman–Crippen LogP) is 3.66. The molecule has 2 aliphatic rings. The molecule has 2 aromatic rings. The van der Waals surface area contributed by atoms with Crippen LogP contribution >= 0.6 is 10.6 Å². The van der Waals surface area contributed by atoms with Crippen molar-refractivity contribution in [1.82, 2.24) is 15.2 Å². The van der Waals surface area contributed by atoms with Gasteiger partial charge in [0.1, 0.15) is 28.2 Å². The van der Waals surface area contributed by atoms with Crippen molar-refractivity contribution in [1.29, 1.82) is 10.7 Å². The first kappa shape index (κ1) is 25.1. The van der Waals surface area contributed by atoms with Crippen LogP contribution in [-0.4, -0.2) is 61.4 Å². The second kappa shape index (κ2) is 8.87. The van der Waals surface area contributed by atoms with Gasteiger partial charge in [-0.25, -0.2) is 9.37 Å². The first-order valence-corrected chi connectivity index (χ1v) is 12.9. The summed E-state index contributed by atoms with van der Waals surface area (Å²) >= 11 is 0. The van der Waals surface area contributed by atoms with E-state index in [1.54, 1.807) is 19.9 Å². The highest BCUT2D eigenvalue weighted by atomic mass is 32.3. The van der Waals surface area contributed by atoms with Gasteiger partial charge >= 0.3 is 0 Å².